The smallest absolute Gasteiger partial charge is 0.267 e. The van der Waals surface area contributed by atoms with E-state index in [2.05, 4.69) is 9.44 Å². The van der Waals surface area contributed by atoms with Gasteiger partial charge in [-0.1, -0.05) is 40.5 Å². The van der Waals surface area contributed by atoms with Crippen LogP contribution < -0.4 is 0 Å². The first-order valence-corrected chi connectivity index (χ1v) is 6.34. The van der Waals surface area contributed by atoms with Crippen molar-refractivity contribution in [3.05, 3.63) is 34.9 Å². The molecule has 1 aromatic carbocycles. The van der Waals surface area contributed by atoms with E-state index in [1.54, 1.807) is 24.3 Å². The van der Waals surface area contributed by atoms with E-state index in [-0.39, 0.29) is 5.17 Å². The van der Waals surface area contributed by atoms with Crippen LogP contribution >= 0.6 is 23.2 Å². The fraction of sp³-hybridized carbons (Fsp3) is 0.125. The molecule has 0 aliphatic rings. The lowest BCUT2D eigenvalue weighted by atomic mass is 10.2. The Hall–Kier alpha value is -0.780. The van der Waals surface area contributed by atoms with E-state index < -0.39 is 10.1 Å². The third kappa shape index (κ3) is 4.51. The maximum Gasteiger partial charge on any atom is 0.325 e. The van der Waals surface area contributed by atoms with Crippen molar-refractivity contribution in [2.75, 3.05) is 6.26 Å². The number of halogens is 2. The Morgan fingerprint density at radius 3 is 2.33 bits per heavy atom. The molecule has 0 unspecified atom stereocenters. The van der Waals surface area contributed by atoms with Crippen LogP contribution in [0.3, 0.4) is 0 Å². The molecule has 15 heavy (non-hydrogen) atoms. The van der Waals surface area contributed by atoms with Crippen LogP contribution in [0.15, 0.2) is 29.4 Å². The second kappa shape index (κ2) is 4.83. The quantitative estimate of drug-likeness (QED) is 0.623. The highest BCUT2D eigenvalue weighted by Gasteiger charge is 2.04. The molecule has 7 heteroatoms. The van der Waals surface area contributed by atoms with Crippen LogP contribution in [0, 0.1) is 0 Å². The van der Waals surface area contributed by atoms with Crippen molar-refractivity contribution in [1.82, 2.24) is 0 Å². The summed E-state index contributed by atoms with van der Waals surface area (Å²) in [4.78, 5) is 0. The summed E-state index contributed by atoms with van der Waals surface area (Å²) in [6.07, 6.45) is 0.878. The zero-order chi connectivity index (χ0) is 11.5. The van der Waals surface area contributed by atoms with Crippen molar-refractivity contribution in [1.29, 1.82) is 0 Å². The summed E-state index contributed by atoms with van der Waals surface area (Å²) in [7, 11) is -3.63. The van der Waals surface area contributed by atoms with Crippen LogP contribution in [0.2, 0.25) is 5.02 Å². The van der Waals surface area contributed by atoms with Gasteiger partial charge in [-0.2, -0.15) is 8.42 Å². The summed E-state index contributed by atoms with van der Waals surface area (Å²) in [6, 6.07) is 6.41. The van der Waals surface area contributed by atoms with E-state index in [1.807, 2.05) is 0 Å². The minimum absolute atomic E-state index is 0.0582. The summed E-state index contributed by atoms with van der Waals surface area (Å²) < 4.78 is 25.4. The van der Waals surface area contributed by atoms with Crippen molar-refractivity contribution in [2.24, 2.45) is 5.16 Å². The number of hydrogen-bond acceptors (Lipinski definition) is 4. The summed E-state index contributed by atoms with van der Waals surface area (Å²) in [5.41, 5.74) is 0.518. The van der Waals surface area contributed by atoms with Crippen molar-refractivity contribution in [3.63, 3.8) is 0 Å². The Labute approximate surface area is 97.6 Å². The number of nitrogens with zero attached hydrogens (tertiary/aromatic N) is 1. The zero-order valence-electron chi connectivity index (χ0n) is 7.65. The van der Waals surface area contributed by atoms with Crippen molar-refractivity contribution < 1.29 is 12.7 Å². The third-order valence-corrected chi connectivity index (χ3v) is 2.22. The van der Waals surface area contributed by atoms with Gasteiger partial charge in [-0.15, -0.1) is 0 Å². The minimum Gasteiger partial charge on any atom is -0.267 e. The Balaban J connectivity index is 2.85. The molecular weight excluding hydrogens is 261 g/mol. The molecular formula is C8H7Cl2NO3S. The highest BCUT2D eigenvalue weighted by atomic mass is 35.5. The van der Waals surface area contributed by atoms with Gasteiger partial charge in [-0.25, -0.2) is 0 Å². The van der Waals surface area contributed by atoms with Crippen LogP contribution in [0.1, 0.15) is 5.56 Å². The van der Waals surface area contributed by atoms with Gasteiger partial charge in [0.15, 0.2) is 5.17 Å². The van der Waals surface area contributed by atoms with E-state index in [4.69, 9.17) is 23.2 Å². The lowest BCUT2D eigenvalue weighted by Gasteiger charge is -1.98. The highest BCUT2D eigenvalue weighted by Crippen LogP contribution is 2.12. The van der Waals surface area contributed by atoms with Crippen molar-refractivity contribution in [3.8, 4) is 0 Å². The molecule has 0 heterocycles. The van der Waals surface area contributed by atoms with E-state index in [1.165, 1.54) is 0 Å². The molecule has 0 aromatic heterocycles. The maximum absolute atomic E-state index is 10.6. The van der Waals surface area contributed by atoms with Gasteiger partial charge in [-0.3, -0.25) is 4.28 Å². The Morgan fingerprint density at radius 2 is 1.87 bits per heavy atom. The maximum atomic E-state index is 10.6. The summed E-state index contributed by atoms with van der Waals surface area (Å²) >= 11 is 11.3. The van der Waals surface area contributed by atoms with Gasteiger partial charge in [0.05, 0.1) is 6.26 Å². The normalized spacial score (nSPS) is 12.6. The van der Waals surface area contributed by atoms with Crippen molar-refractivity contribution in [2.45, 2.75) is 0 Å². The third-order valence-electron chi connectivity index (χ3n) is 1.34. The summed E-state index contributed by atoms with van der Waals surface area (Å²) in [6.45, 7) is 0. The monoisotopic (exact) mass is 267 g/mol. The molecule has 0 amide bonds. The highest BCUT2D eigenvalue weighted by molar-refractivity contribution is 7.85. The molecule has 0 fully saturated rings. The minimum atomic E-state index is -3.63. The molecule has 0 aliphatic heterocycles. The van der Waals surface area contributed by atoms with Gasteiger partial charge in [0.2, 0.25) is 0 Å². The molecule has 82 valence electrons. The predicted octanol–water partition coefficient (Wildman–Crippen LogP) is 2.22. The SMILES string of the molecule is CS(=O)(=O)O/N=C(\Cl)c1ccc(Cl)cc1. The summed E-state index contributed by atoms with van der Waals surface area (Å²) in [5.74, 6) is 0. The molecule has 0 atom stereocenters. The second-order valence-electron chi connectivity index (χ2n) is 2.67. The number of oxime groups is 1. The van der Waals surface area contributed by atoms with Crippen LogP contribution in [-0.4, -0.2) is 19.8 Å². The second-order valence-corrected chi connectivity index (χ2v) is 5.02. The molecule has 0 spiro atoms. The largest absolute Gasteiger partial charge is 0.325 e. The van der Waals surface area contributed by atoms with Crippen LogP contribution in [0.5, 0.6) is 0 Å². The number of hydrogen-bond donors (Lipinski definition) is 0. The van der Waals surface area contributed by atoms with Gasteiger partial charge in [0, 0.05) is 10.6 Å². The Morgan fingerprint density at radius 1 is 1.33 bits per heavy atom. The van der Waals surface area contributed by atoms with Gasteiger partial charge >= 0.3 is 10.1 Å². The molecule has 0 saturated carbocycles. The molecule has 1 aromatic rings. The van der Waals surface area contributed by atoms with E-state index in [0.717, 1.165) is 6.26 Å². The molecule has 0 N–H and O–H groups in total. The molecule has 0 radical (unpaired) electrons. The first kappa shape index (κ1) is 12.3. The molecule has 0 aliphatic carbocycles. The molecule has 0 bridgehead atoms. The molecule has 1 rings (SSSR count). The number of benzene rings is 1. The van der Waals surface area contributed by atoms with Crippen LogP contribution in [0.4, 0.5) is 0 Å². The van der Waals surface area contributed by atoms with E-state index in [9.17, 15) is 8.42 Å². The standard InChI is InChI=1S/C8H7Cl2NO3S/c1-15(12,13)14-11-8(10)6-2-4-7(9)5-3-6/h2-5H,1H3/b11-8-. The fourth-order valence-electron chi connectivity index (χ4n) is 0.741. The molecule has 4 nitrogen and oxygen atoms in total. The zero-order valence-corrected chi connectivity index (χ0v) is 9.97. The van der Waals surface area contributed by atoms with Crippen molar-refractivity contribution >= 4 is 38.5 Å². The van der Waals surface area contributed by atoms with Crippen LogP contribution in [0.25, 0.3) is 0 Å². The van der Waals surface area contributed by atoms with Gasteiger partial charge in [0.1, 0.15) is 0 Å². The topological polar surface area (TPSA) is 55.7 Å². The average molecular weight is 268 g/mol. The summed E-state index contributed by atoms with van der Waals surface area (Å²) in [5, 5.41) is 3.74. The van der Waals surface area contributed by atoms with Gasteiger partial charge in [-0.05, 0) is 12.1 Å². The Kier molecular flexibility index (Phi) is 3.96. The lowest BCUT2D eigenvalue weighted by Crippen LogP contribution is -2.00. The Bertz CT molecular complexity index is 467. The first-order chi connectivity index (χ1) is 6.88. The van der Waals surface area contributed by atoms with Crippen LogP contribution in [-0.2, 0) is 14.4 Å². The van der Waals surface area contributed by atoms with Gasteiger partial charge < -0.3 is 0 Å². The fourth-order valence-corrected chi connectivity index (χ4v) is 1.28. The average Bonchev–Trinajstić information content (AvgIpc) is 2.14. The number of rotatable bonds is 3. The first-order valence-electron chi connectivity index (χ1n) is 3.76. The predicted molar refractivity (Wildman–Crippen MR) is 59.8 cm³/mol. The van der Waals surface area contributed by atoms with E-state index >= 15 is 0 Å². The van der Waals surface area contributed by atoms with E-state index in [0.29, 0.717) is 10.6 Å². The molecule has 0 saturated heterocycles. The van der Waals surface area contributed by atoms with Gasteiger partial charge in [0.25, 0.3) is 0 Å². The lowest BCUT2D eigenvalue weighted by molar-refractivity contribution is 0.344.